The topological polar surface area (TPSA) is 56.9 Å². The van der Waals surface area contributed by atoms with E-state index in [9.17, 15) is 5.26 Å². The Bertz CT molecular complexity index is 635. The Morgan fingerprint density at radius 1 is 1.22 bits per heavy atom. The standard InChI is InChI=1S/C20H24N2O/c1-2-3-4-8-14-23-20(16-10-6-5-7-11-16)18-13-9-12-17(15-21)19(18)22/h5-7,10-12,22H,2-4,8-9,13-14H2,1H3. The number of nitrogens with zero attached hydrogens (tertiary/aromatic N) is 1. The van der Waals surface area contributed by atoms with E-state index in [1.165, 1.54) is 12.8 Å². The molecule has 0 heterocycles. The maximum absolute atomic E-state index is 9.18. The van der Waals surface area contributed by atoms with Crippen LogP contribution < -0.4 is 0 Å². The van der Waals surface area contributed by atoms with E-state index in [2.05, 4.69) is 13.0 Å². The number of benzene rings is 1. The molecule has 1 aromatic carbocycles. The minimum atomic E-state index is 0.311. The second-order valence-electron chi connectivity index (χ2n) is 5.73. The predicted octanol–water partition coefficient (Wildman–Crippen LogP) is 5.26. The van der Waals surface area contributed by atoms with Gasteiger partial charge in [-0.1, -0.05) is 62.6 Å². The van der Waals surface area contributed by atoms with Crippen molar-refractivity contribution in [1.82, 2.24) is 0 Å². The van der Waals surface area contributed by atoms with Crippen LogP contribution in [0, 0.1) is 16.7 Å². The van der Waals surface area contributed by atoms with Gasteiger partial charge in [0.25, 0.3) is 0 Å². The van der Waals surface area contributed by atoms with Crippen LogP contribution in [0.5, 0.6) is 0 Å². The maximum Gasteiger partial charge on any atom is 0.131 e. The number of hydrogen-bond donors (Lipinski definition) is 1. The fourth-order valence-corrected chi connectivity index (χ4v) is 2.72. The van der Waals surface area contributed by atoms with Crippen LogP contribution >= 0.6 is 0 Å². The van der Waals surface area contributed by atoms with Crippen LogP contribution in [0.1, 0.15) is 51.0 Å². The molecule has 0 unspecified atom stereocenters. The highest BCUT2D eigenvalue weighted by Crippen LogP contribution is 2.29. The van der Waals surface area contributed by atoms with Crippen LogP contribution in [0.2, 0.25) is 0 Å². The van der Waals surface area contributed by atoms with Crippen LogP contribution in [0.3, 0.4) is 0 Å². The Morgan fingerprint density at radius 2 is 2.00 bits per heavy atom. The molecule has 0 spiro atoms. The van der Waals surface area contributed by atoms with Crippen molar-refractivity contribution in [2.24, 2.45) is 0 Å². The number of rotatable bonds is 7. The molecule has 3 nitrogen and oxygen atoms in total. The summed E-state index contributed by atoms with van der Waals surface area (Å²) in [5, 5.41) is 17.5. The quantitative estimate of drug-likeness (QED) is 0.552. The van der Waals surface area contributed by atoms with E-state index in [4.69, 9.17) is 10.1 Å². The minimum absolute atomic E-state index is 0.311. The zero-order valence-corrected chi connectivity index (χ0v) is 13.8. The number of nitriles is 1. The van der Waals surface area contributed by atoms with Crippen molar-refractivity contribution in [2.75, 3.05) is 6.61 Å². The Balaban J connectivity index is 2.23. The summed E-state index contributed by atoms with van der Waals surface area (Å²) in [6.07, 6.45) is 7.99. The number of allylic oxidation sites excluding steroid dienone is 3. The van der Waals surface area contributed by atoms with E-state index < -0.39 is 0 Å². The first-order chi connectivity index (χ1) is 11.3. The summed E-state index contributed by atoms with van der Waals surface area (Å²) in [7, 11) is 0. The second kappa shape index (κ2) is 8.95. The lowest BCUT2D eigenvalue weighted by molar-refractivity contribution is 0.265. The monoisotopic (exact) mass is 308 g/mol. The van der Waals surface area contributed by atoms with Gasteiger partial charge in [-0.2, -0.15) is 5.26 Å². The fraction of sp³-hybridized carbons (Fsp3) is 0.400. The molecule has 0 saturated carbocycles. The maximum atomic E-state index is 9.18. The summed E-state index contributed by atoms with van der Waals surface area (Å²) in [5.74, 6) is 0.771. The molecule has 0 aromatic heterocycles. The van der Waals surface area contributed by atoms with Gasteiger partial charge in [-0.05, 0) is 19.3 Å². The molecule has 0 saturated heterocycles. The molecule has 2 rings (SSSR count). The molecule has 0 amide bonds. The van der Waals surface area contributed by atoms with Gasteiger partial charge in [-0.15, -0.1) is 0 Å². The van der Waals surface area contributed by atoms with Crippen molar-refractivity contribution in [3.8, 4) is 6.07 Å². The Kier molecular flexibility index (Phi) is 6.62. The molecule has 0 atom stereocenters. The van der Waals surface area contributed by atoms with Crippen molar-refractivity contribution in [1.29, 1.82) is 10.7 Å². The molecular weight excluding hydrogens is 284 g/mol. The van der Waals surface area contributed by atoms with Gasteiger partial charge >= 0.3 is 0 Å². The van der Waals surface area contributed by atoms with Crippen LogP contribution in [0.15, 0.2) is 47.6 Å². The molecule has 120 valence electrons. The first-order valence-corrected chi connectivity index (χ1v) is 8.38. The lowest BCUT2D eigenvalue weighted by Crippen LogP contribution is -2.13. The van der Waals surface area contributed by atoms with Gasteiger partial charge in [0.15, 0.2) is 0 Å². The summed E-state index contributed by atoms with van der Waals surface area (Å²) in [6, 6.07) is 12.1. The predicted molar refractivity (Wildman–Crippen MR) is 94.1 cm³/mol. The number of hydrogen-bond acceptors (Lipinski definition) is 3. The van der Waals surface area contributed by atoms with Gasteiger partial charge in [-0.3, -0.25) is 5.41 Å². The molecule has 0 radical (unpaired) electrons. The normalized spacial score (nSPS) is 16.5. The summed E-state index contributed by atoms with van der Waals surface area (Å²) >= 11 is 0. The lowest BCUT2D eigenvalue weighted by atomic mass is 9.90. The first kappa shape index (κ1) is 17.0. The van der Waals surface area contributed by atoms with E-state index in [0.29, 0.717) is 17.9 Å². The third-order valence-electron chi connectivity index (χ3n) is 3.99. The van der Waals surface area contributed by atoms with Crippen molar-refractivity contribution in [3.05, 3.63) is 53.1 Å². The molecule has 1 aliphatic carbocycles. The molecule has 1 aliphatic rings. The van der Waals surface area contributed by atoms with Crippen LogP contribution in [-0.4, -0.2) is 12.3 Å². The van der Waals surface area contributed by atoms with Crippen molar-refractivity contribution < 1.29 is 4.74 Å². The second-order valence-corrected chi connectivity index (χ2v) is 5.73. The van der Waals surface area contributed by atoms with E-state index in [1.807, 2.05) is 36.4 Å². The van der Waals surface area contributed by atoms with Crippen molar-refractivity contribution in [2.45, 2.75) is 45.4 Å². The highest BCUT2D eigenvalue weighted by atomic mass is 16.5. The average Bonchev–Trinajstić information content (AvgIpc) is 2.60. The Morgan fingerprint density at radius 3 is 2.70 bits per heavy atom. The van der Waals surface area contributed by atoms with Gasteiger partial charge < -0.3 is 4.74 Å². The number of nitrogens with one attached hydrogen (secondary N) is 1. The summed E-state index contributed by atoms with van der Waals surface area (Å²) in [6.45, 7) is 2.85. The molecule has 0 fully saturated rings. The van der Waals surface area contributed by atoms with E-state index in [1.54, 1.807) is 0 Å². The molecule has 0 aliphatic heterocycles. The first-order valence-electron chi connectivity index (χ1n) is 8.38. The molecule has 3 heteroatoms. The van der Waals surface area contributed by atoms with E-state index in [0.717, 1.165) is 42.6 Å². The summed E-state index contributed by atoms with van der Waals surface area (Å²) < 4.78 is 6.08. The number of ether oxygens (including phenoxy) is 1. The molecule has 1 aromatic rings. The smallest absolute Gasteiger partial charge is 0.131 e. The van der Waals surface area contributed by atoms with Crippen LogP contribution in [0.4, 0.5) is 0 Å². The zero-order valence-electron chi connectivity index (χ0n) is 13.8. The van der Waals surface area contributed by atoms with Crippen molar-refractivity contribution >= 4 is 11.5 Å². The lowest BCUT2D eigenvalue weighted by Gasteiger charge is -2.20. The summed E-state index contributed by atoms with van der Waals surface area (Å²) in [4.78, 5) is 0. The summed E-state index contributed by atoms with van der Waals surface area (Å²) in [5.41, 5.74) is 2.60. The molecular formula is C20H24N2O. The number of unbranched alkanes of at least 4 members (excludes halogenated alkanes) is 3. The van der Waals surface area contributed by atoms with E-state index in [-0.39, 0.29) is 0 Å². The highest BCUT2D eigenvalue weighted by molar-refractivity contribution is 6.16. The zero-order chi connectivity index (χ0) is 16.5. The van der Waals surface area contributed by atoms with Crippen LogP contribution in [-0.2, 0) is 4.74 Å². The molecule has 1 N–H and O–H groups in total. The van der Waals surface area contributed by atoms with Crippen LogP contribution in [0.25, 0.3) is 5.76 Å². The third-order valence-corrected chi connectivity index (χ3v) is 3.99. The average molecular weight is 308 g/mol. The van der Waals surface area contributed by atoms with Gasteiger partial charge in [0, 0.05) is 11.1 Å². The highest BCUT2D eigenvalue weighted by Gasteiger charge is 2.21. The largest absolute Gasteiger partial charge is 0.493 e. The minimum Gasteiger partial charge on any atom is -0.493 e. The fourth-order valence-electron chi connectivity index (χ4n) is 2.72. The van der Waals surface area contributed by atoms with E-state index >= 15 is 0 Å². The molecule has 23 heavy (non-hydrogen) atoms. The Labute approximate surface area is 138 Å². The van der Waals surface area contributed by atoms with Gasteiger partial charge in [0.05, 0.1) is 17.9 Å². The van der Waals surface area contributed by atoms with Crippen molar-refractivity contribution in [3.63, 3.8) is 0 Å². The molecule has 0 bridgehead atoms. The Hall–Kier alpha value is -2.34. The SMILES string of the molecule is CCCCCCOC(=C1CCC=C(C#N)C1=N)c1ccccc1. The van der Waals surface area contributed by atoms with Gasteiger partial charge in [-0.25, -0.2) is 0 Å². The van der Waals surface area contributed by atoms with Gasteiger partial charge in [0.2, 0.25) is 0 Å². The third kappa shape index (κ3) is 4.56. The van der Waals surface area contributed by atoms with Gasteiger partial charge in [0.1, 0.15) is 11.8 Å².